The van der Waals surface area contributed by atoms with Crippen LogP contribution in [0.15, 0.2) is 30.8 Å². The fraction of sp³-hybridized carbons (Fsp3) is 0.200. The summed E-state index contributed by atoms with van der Waals surface area (Å²) in [6, 6.07) is 8.19. The van der Waals surface area contributed by atoms with Crippen molar-refractivity contribution in [1.82, 2.24) is 0 Å². The van der Waals surface area contributed by atoms with Crippen molar-refractivity contribution in [3.63, 3.8) is 0 Å². The Morgan fingerprint density at radius 2 is 2.36 bits per heavy atom. The molecule has 0 amide bonds. The van der Waals surface area contributed by atoms with Crippen LogP contribution in [0.5, 0.6) is 0 Å². The highest BCUT2D eigenvalue weighted by molar-refractivity contribution is 5.55. The third-order valence-electron chi connectivity index (χ3n) is 1.50. The van der Waals surface area contributed by atoms with Gasteiger partial charge in [0.1, 0.15) is 0 Å². The lowest BCUT2D eigenvalue weighted by Gasteiger charge is -2.02. The minimum atomic E-state index is 0.959. The van der Waals surface area contributed by atoms with Crippen LogP contribution in [0.25, 0.3) is 6.08 Å². The molecule has 0 heterocycles. The third kappa shape index (κ3) is 2.11. The second kappa shape index (κ2) is 3.81. The first kappa shape index (κ1) is 7.86. The number of hydrogen-bond donors (Lipinski definition) is 1. The number of hydrogen-bond acceptors (Lipinski definition) is 1. The topological polar surface area (TPSA) is 12.0 Å². The highest BCUT2D eigenvalue weighted by atomic mass is 14.8. The quantitative estimate of drug-likeness (QED) is 0.693. The Hall–Kier alpha value is -1.24. The van der Waals surface area contributed by atoms with Crippen LogP contribution >= 0.6 is 0 Å². The number of nitrogens with one attached hydrogen (secondary N) is 1. The molecule has 1 heteroatoms. The van der Waals surface area contributed by atoms with Gasteiger partial charge in [-0.2, -0.15) is 0 Å². The van der Waals surface area contributed by atoms with Gasteiger partial charge in [0.15, 0.2) is 0 Å². The average Bonchev–Trinajstić information content (AvgIpc) is 2.06. The van der Waals surface area contributed by atoms with Gasteiger partial charge in [-0.1, -0.05) is 24.8 Å². The van der Waals surface area contributed by atoms with E-state index in [-0.39, 0.29) is 0 Å². The predicted molar refractivity (Wildman–Crippen MR) is 50.7 cm³/mol. The highest BCUT2D eigenvalue weighted by Crippen LogP contribution is 2.10. The van der Waals surface area contributed by atoms with E-state index < -0.39 is 0 Å². The van der Waals surface area contributed by atoms with E-state index in [0.29, 0.717) is 0 Å². The lowest BCUT2D eigenvalue weighted by atomic mass is 10.2. The zero-order valence-corrected chi connectivity index (χ0v) is 6.80. The van der Waals surface area contributed by atoms with E-state index in [0.717, 1.165) is 17.8 Å². The molecule has 0 unspecified atom stereocenters. The number of rotatable bonds is 3. The predicted octanol–water partition coefficient (Wildman–Crippen LogP) is 2.76. The molecule has 1 aromatic rings. The monoisotopic (exact) mass is 147 g/mol. The molecule has 0 spiro atoms. The second-order valence-corrected chi connectivity index (χ2v) is 2.36. The molecule has 0 aliphatic heterocycles. The largest absolute Gasteiger partial charge is 0.385 e. The zero-order valence-electron chi connectivity index (χ0n) is 6.80. The zero-order chi connectivity index (χ0) is 8.10. The molecule has 0 fully saturated rings. The van der Waals surface area contributed by atoms with Crippen molar-refractivity contribution in [2.24, 2.45) is 0 Å². The summed E-state index contributed by atoms with van der Waals surface area (Å²) in [6.45, 7) is 6.75. The summed E-state index contributed by atoms with van der Waals surface area (Å²) < 4.78 is 0. The highest BCUT2D eigenvalue weighted by Gasteiger charge is 1.88. The van der Waals surface area contributed by atoms with E-state index in [2.05, 4.69) is 31.0 Å². The molecule has 0 radical (unpaired) electrons. The van der Waals surface area contributed by atoms with Gasteiger partial charge in [-0.3, -0.25) is 0 Å². The van der Waals surface area contributed by atoms with E-state index in [4.69, 9.17) is 0 Å². The molecule has 1 aromatic carbocycles. The molecule has 0 aromatic heterocycles. The van der Waals surface area contributed by atoms with Gasteiger partial charge in [0, 0.05) is 12.2 Å². The van der Waals surface area contributed by atoms with Crippen LogP contribution in [-0.2, 0) is 0 Å². The minimum Gasteiger partial charge on any atom is -0.385 e. The molecule has 1 rings (SSSR count). The Balaban J connectivity index is 2.82. The Bertz CT molecular complexity index is 240. The lowest BCUT2D eigenvalue weighted by molar-refractivity contribution is 1.21. The van der Waals surface area contributed by atoms with Crippen molar-refractivity contribution >= 4 is 11.8 Å². The van der Waals surface area contributed by atoms with Crippen molar-refractivity contribution < 1.29 is 0 Å². The van der Waals surface area contributed by atoms with Crippen molar-refractivity contribution in [2.45, 2.75) is 6.92 Å². The van der Waals surface area contributed by atoms with Gasteiger partial charge in [-0.15, -0.1) is 0 Å². The molecule has 0 bridgehead atoms. The van der Waals surface area contributed by atoms with Crippen LogP contribution < -0.4 is 5.32 Å². The minimum absolute atomic E-state index is 0.959. The Kier molecular flexibility index (Phi) is 2.73. The van der Waals surface area contributed by atoms with Crippen LogP contribution in [0, 0.1) is 0 Å². The molecule has 1 nitrogen and oxygen atoms in total. The first-order valence-electron chi connectivity index (χ1n) is 3.83. The molecule has 0 aliphatic rings. The van der Waals surface area contributed by atoms with Gasteiger partial charge in [-0.25, -0.2) is 0 Å². The summed E-state index contributed by atoms with van der Waals surface area (Å²) in [5.74, 6) is 0. The van der Waals surface area contributed by atoms with Crippen LogP contribution in [-0.4, -0.2) is 6.54 Å². The number of anilines is 1. The number of benzene rings is 1. The second-order valence-electron chi connectivity index (χ2n) is 2.36. The van der Waals surface area contributed by atoms with E-state index in [1.807, 2.05) is 18.2 Å². The summed E-state index contributed by atoms with van der Waals surface area (Å²) in [5.41, 5.74) is 2.31. The van der Waals surface area contributed by atoms with E-state index >= 15 is 0 Å². The SMILES string of the molecule is C=Cc1cccc(NCC)c1. The van der Waals surface area contributed by atoms with Gasteiger partial charge < -0.3 is 5.32 Å². The Morgan fingerprint density at radius 3 is 3.00 bits per heavy atom. The first-order valence-corrected chi connectivity index (χ1v) is 3.83. The fourth-order valence-corrected chi connectivity index (χ4v) is 0.980. The van der Waals surface area contributed by atoms with E-state index in [1.165, 1.54) is 0 Å². The normalized spacial score (nSPS) is 9.18. The Morgan fingerprint density at radius 1 is 1.55 bits per heavy atom. The molecular formula is C10H13N. The van der Waals surface area contributed by atoms with Gasteiger partial charge in [-0.05, 0) is 24.6 Å². The molecule has 0 atom stereocenters. The molecule has 11 heavy (non-hydrogen) atoms. The summed E-state index contributed by atoms with van der Waals surface area (Å²) in [5, 5.41) is 3.23. The molecule has 0 saturated heterocycles. The summed E-state index contributed by atoms with van der Waals surface area (Å²) in [6.07, 6.45) is 1.85. The van der Waals surface area contributed by atoms with Gasteiger partial charge >= 0.3 is 0 Å². The molecule has 58 valence electrons. The van der Waals surface area contributed by atoms with Crippen LogP contribution in [0.4, 0.5) is 5.69 Å². The fourth-order valence-electron chi connectivity index (χ4n) is 0.980. The van der Waals surface area contributed by atoms with Crippen molar-refractivity contribution in [3.05, 3.63) is 36.4 Å². The Labute approximate surface area is 67.8 Å². The maximum Gasteiger partial charge on any atom is 0.0346 e. The molecule has 1 N–H and O–H groups in total. The molecular weight excluding hydrogens is 134 g/mol. The smallest absolute Gasteiger partial charge is 0.0346 e. The standard InChI is InChI=1S/C10H13N/c1-3-9-6-5-7-10(8-9)11-4-2/h3,5-8,11H,1,4H2,2H3. The summed E-state index contributed by atoms with van der Waals surface area (Å²) >= 11 is 0. The summed E-state index contributed by atoms with van der Waals surface area (Å²) in [7, 11) is 0. The van der Waals surface area contributed by atoms with Crippen molar-refractivity contribution in [3.8, 4) is 0 Å². The van der Waals surface area contributed by atoms with Gasteiger partial charge in [0.2, 0.25) is 0 Å². The maximum atomic E-state index is 3.70. The van der Waals surface area contributed by atoms with Crippen molar-refractivity contribution in [1.29, 1.82) is 0 Å². The van der Waals surface area contributed by atoms with E-state index in [9.17, 15) is 0 Å². The van der Waals surface area contributed by atoms with Crippen LogP contribution in [0.1, 0.15) is 12.5 Å². The molecule has 0 aliphatic carbocycles. The average molecular weight is 147 g/mol. The first-order chi connectivity index (χ1) is 5.36. The van der Waals surface area contributed by atoms with Crippen LogP contribution in [0.2, 0.25) is 0 Å². The van der Waals surface area contributed by atoms with Crippen LogP contribution in [0.3, 0.4) is 0 Å². The van der Waals surface area contributed by atoms with E-state index in [1.54, 1.807) is 0 Å². The maximum absolute atomic E-state index is 3.70. The van der Waals surface area contributed by atoms with Gasteiger partial charge in [0.25, 0.3) is 0 Å². The van der Waals surface area contributed by atoms with Crippen molar-refractivity contribution in [2.75, 3.05) is 11.9 Å². The lowest BCUT2D eigenvalue weighted by Crippen LogP contribution is -1.95. The van der Waals surface area contributed by atoms with Gasteiger partial charge in [0.05, 0.1) is 0 Å². The third-order valence-corrected chi connectivity index (χ3v) is 1.50. The molecule has 0 saturated carbocycles. The summed E-state index contributed by atoms with van der Waals surface area (Å²) in [4.78, 5) is 0.